The third-order valence-corrected chi connectivity index (χ3v) is 6.94. The monoisotopic (exact) mass is 547 g/mol. The van der Waals surface area contributed by atoms with Crippen molar-refractivity contribution in [3.05, 3.63) is 83.1 Å². The summed E-state index contributed by atoms with van der Waals surface area (Å²) in [6.07, 6.45) is -3.29. The molecule has 0 unspecified atom stereocenters. The van der Waals surface area contributed by atoms with Gasteiger partial charge in [0.1, 0.15) is 47.4 Å². The number of aliphatic hydroxyl groups excluding tert-OH is 3. The van der Waals surface area contributed by atoms with E-state index >= 15 is 0 Å². The van der Waals surface area contributed by atoms with Gasteiger partial charge in [-0.25, -0.2) is 4.79 Å². The molecule has 10 heteroatoms. The molecule has 10 nitrogen and oxygen atoms in total. The van der Waals surface area contributed by atoms with Crippen molar-refractivity contribution >= 4 is 28.5 Å². The zero-order valence-electron chi connectivity index (χ0n) is 22.1. The summed E-state index contributed by atoms with van der Waals surface area (Å²) in [7, 11) is 1.53. The number of rotatable bonds is 8. The summed E-state index contributed by atoms with van der Waals surface area (Å²) in [6, 6.07) is 16.7. The Morgan fingerprint density at radius 1 is 1.00 bits per heavy atom. The van der Waals surface area contributed by atoms with E-state index in [1.807, 2.05) is 13.8 Å². The summed E-state index contributed by atoms with van der Waals surface area (Å²) in [5, 5.41) is 31.7. The second-order valence-electron chi connectivity index (χ2n) is 10.0. The largest absolute Gasteiger partial charge is 0.497 e. The molecular formula is C30H29NO9. The molecule has 4 N–H and O–H groups in total. The number of ether oxygens (including phenoxy) is 3. The van der Waals surface area contributed by atoms with E-state index in [1.165, 1.54) is 7.11 Å². The maximum atomic E-state index is 13.6. The summed E-state index contributed by atoms with van der Waals surface area (Å²) in [5.74, 6) is 1.47. The highest BCUT2D eigenvalue weighted by Gasteiger charge is 2.42. The van der Waals surface area contributed by atoms with Crippen LogP contribution in [0.25, 0.3) is 11.0 Å². The number of hydrogen-bond donors (Lipinski definition) is 4. The Hall–Kier alpha value is -4.38. The predicted octanol–water partition coefficient (Wildman–Crippen LogP) is 4.02. The van der Waals surface area contributed by atoms with Crippen LogP contribution in [-0.2, 0) is 5.41 Å². The Morgan fingerprint density at radius 2 is 1.77 bits per heavy atom. The van der Waals surface area contributed by atoms with E-state index in [9.17, 15) is 19.8 Å². The van der Waals surface area contributed by atoms with E-state index in [1.54, 1.807) is 60.7 Å². The lowest BCUT2D eigenvalue weighted by Gasteiger charge is -2.31. The second-order valence-corrected chi connectivity index (χ2v) is 10.0. The molecule has 1 aliphatic rings. The number of ketones is 1. The van der Waals surface area contributed by atoms with Gasteiger partial charge in [0.2, 0.25) is 0 Å². The quantitative estimate of drug-likeness (QED) is 0.257. The molecule has 3 aromatic carbocycles. The Labute approximate surface area is 229 Å². The lowest BCUT2D eigenvalue weighted by molar-refractivity contribution is -0.0339. The Morgan fingerprint density at radius 3 is 2.52 bits per heavy atom. The number of hydrogen-bond acceptors (Lipinski definition) is 9. The van der Waals surface area contributed by atoms with Crippen LogP contribution in [0.15, 0.2) is 65.1 Å². The van der Waals surface area contributed by atoms with E-state index in [2.05, 4.69) is 5.32 Å². The molecule has 0 spiro atoms. The number of anilines is 1. The number of nitrogens with one attached hydrogen (secondary N) is 1. The molecule has 40 heavy (non-hydrogen) atoms. The Bertz CT molecular complexity index is 1590. The number of methoxy groups -OCH3 is 1. The Balaban J connectivity index is 1.40. The average molecular weight is 548 g/mol. The summed E-state index contributed by atoms with van der Waals surface area (Å²) in [4.78, 5) is 26.1. The van der Waals surface area contributed by atoms with Crippen LogP contribution in [0.3, 0.4) is 0 Å². The maximum Gasteiger partial charge on any atom is 0.417 e. The van der Waals surface area contributed by atoms with Crippen LogP contribution in [0.1, 0.15) is 41.1 Å². The van der Waals surface area contributed by atoms with Gasteiger partial charge in [0.05, 0.1) is 19.3 Å². The number of fused-ring (bicyclic) bond motifs is 4. The summed E-state index contributed by atoms with van der Waals surface area (Å²) in [5.41, 5.74) is 1.77. The van der Waals surface area contributed by atoms with Crippen molar-refractivity contribution in [3.63, 3.8) is 0 Å². The molecule has 5 rings (SSSR count). The van der Waals surface area contributed by atoms with Crippen molar-refractivity contribution in [1.29, 1.82) is 0 Å². The molecule has 1 heterocycles. The van der Waals surface area contributed by atoms with Gasteiger partial charge in [-0.1, -0.05) is 6.07 Å². The number of amides is 1. The first-order chi connectivity index (χ1) is 19.1. The highest BCUT2D eigenvalue weighted by Crippen LogP contribution is 2.46. The van der Waals surface area contributed by atoms with Gasteiger partial charge in [0, 0.05) is 34.2 Å². The topological polar surface area (TPSA) is 148 Å². The van der Waals surface area contributed by atoms with E-state index in [4.69, 9.17) is 23.7 Å². The first-order valence-corrected chi connectivity index (χ1v) is 12.6. The van der Waals surface area contributed by atoms with Crippen molar-refractivity contribution < 1.29 is 43.5 Å². The number of aliphatic hydroxyl groups is 3. The minimum absolute atomic E-state index is 0.213. The van der Waals surface area contributed by atoms with Crippen molar-refractivity contribution in [2.24, 2.45) is 0 Å². The average Bonchev–Trinajstić information content (AvgIpc) is 3.34. The van der Waals surface area contributed by atoms with Gasteiger partial charge >= 0.3 is 6.09 Å². The van der Waals surface area contributed by atoms with E-state index in [-0.39, 0.29) is 18.1 Å². The van der Waals surface area contributed by atoms with Crippen LogP contribution in [0, 0.1) is 0 Å². The highest BCUT2D eigenvalue weighted by molar-refractivity contribution is 6.19. The fourth-order valence-corrected chi connectivity index (χ4v) is 4.76. The number of benzene rings is 3. The normalized spacial score (nSPS) is 15.1. The molecule has 208 valence electrons. The molecule has 0 saturated heterocycles. The molecular weight excluding hydrogens is 518 g/mol. The molecule has 0 bridgehead atoms. The molecule has 0 saturated carbocycles. The number of carbonyl (C=O) groups excluding carboxylic acids is 2. The minimum atomic E-state index is -1.32. The van der Waals surface area contributed by atoms with Gasteiger partial charge in [-0.2, -0.15) is 0 Å². The van der Waals surface area contributed by atoms with Gasteiger partial charge in [-0.15, -0.1) is 0 Å². The lowest BCUT2D eigenvalue weighted by atomic mass is 9.71. The van der Waals surface area contributed by atoms with Gasteiger partial charge in [0.25, 0.3) is 0 Å². The number of carbonyl (C=O) groups is 2. The fraction of sp³-hybridized carbons (Fsp3) is 0.267. The fourth-order valence-electron chi connectivity index (χ4n) is 4.76. The first-order valence-electron chi connectivity index (χ1n) is 12.6. The lowest BCUT2D eigenvalue weighted by Crippen LogP contribution is -2.34. The summed E-state index contributed by atoms with van der Waals surface area (Å²) in [6.45, 7) is 3.02. The van der Waals surface area contributed by atoms with Crippen molar-refractivity contribution in [2.45, 2.75) is 31.5 Å². The molecule has 1 amide bonds. The van der Waals surface area contributed by atoms with Crippen molar-refractivity contribution in [1.82, 2.24) is 0 Å². The van der Waals surface area contributed by atoms with Crippen LogP contribution >= 0.6 is 0 Å². The minimum Gasteiger partial charge on any atom is -0.497 e. The van der Waals surface area contributed by atoms with E-state index in [0.29, 0.717) is 50.6 Å². The smallest absolute Gasteiger partial charge is 0.417 e. The molecule has 0 aliphatic heterocycles. The van der Waals surface area contributed by atoms with Crippen molar-refractivity contribution in [2.75, 3.05) is 25.6 Å². The van der Waals surface area contributed by atoms with Crippen molar-refractivity contribution in [3.8, 4) is 17.2 Å². The SMILES string of the molecule is COc1cccc(NC(=O)Oc2ccc3c4c(oc3c2)C(C)(C)c2cc(OC[C@@H](O)[C@H](O)CO)ccc2C4=O)c1. The van der Waals surface area contributed by atoms with E-state index < -0.39 is 30.3 Å². The van der Waals surface area contributed by atoms with Crippen LogP contribution in [0.2, 0.25) is 0 Å². The molecule has 4 aromatic rings. The number of furan rings is 1. The zero-order chi connectivity index (χ0) is 28.6. The van der Waals surface area contributed by atoms with Gasteiger partial charge in [-0.3, -0.25) is 10.1 Å². The second kappa shape index (κ2) is 10.6. The van der Waals surface area contributed by atoms with Crippen LogP contribution in [0.5, 0.6) is 17.2 Å². The molecule has 0 fully saturated rings. The Kier molecular flexibility index (Phi) is 7.24. The van der Waals surface area contributed by atoms with Crippen LogP contribution in [-0.4, -0.2) is 59.7 Å². The van der Waals surface area contributed by atoms with Crippen LogP contribution in [0.4, 0.5) is 10.5 Å². The predicted molar refractivity (Wildman–Crippen MR) is 145 cm³/mol. The standard InChI is InChI=1S/C30H29NO9/c1-30(2)22-12-18(38-15-24(34)23(33)14-32)7-9-20(22)27(35)26-21-10-8-19(13-25(21)40-28(26)30)39-29(36)31-16-5-4-6-17(11-16)37-3/h4-13,23-24,32-34H,14-15H2,1-3H3,(H,31,36)/t23-,24-/m1/s1. The maximum absolute atomic E-state index is 13.6. The third kappa shape index (κ3) is 5.00. The van der Waals surface area contributed by atoms with E-state index in [0.717, 1.165) is 0 Å². The molecule has 0 radical (unpaired) electrons. The molecule has 1 aromatic heterocycles. The third-order valence-electron chi connectivity index (χ3n) is 6.94. The summed E-state index contributed by atoms with van der Waals surface area (Å²) < 4.78 is 22.4. The molecule has 1 aliphatic carbocycles. The molecule has 2 atom stereocenters. The van der Waals surface area contributed by atoms with Gasteiger partial charge < -0.3 is 33.9 Å². The zero-order valence-corrected chi connectivity index (χ0v) is 22.1. The van der Waals surface area contributed by atoms with Gasteiger partial charge in [-0.05, 0) is 61.9 Å². The highest BCUT2D eigenvalue weighted by atomic mass is 16.6. The van der Waals surface area contributed by atoms with Crippen LogP contribution < -0.4 is 19.5 Å². The first kappa shape index (κ1) is 27.2. The summed E-state index contributed by atoms with van der Waals surface area (Å²) >= 11 is 0. The van der Waals surface area contributed by atoms with Gasteiger partial charge in [0.15, 0.2) is 5.78 Å².